The van der Waals surface area contributed by atoms with E-state index in [0.29, 0.717) is 16.5 Å². The number of hydrogen-bond acceptors (Lipinski definition) is 3. The van der Waals surface area contributed by atoms with Crippen LogP contribution < -0.4 is 15.4 Å². The number of benzene rings is 2. The molecule has 0 aliphatic heterocycles. The highest BCUT2D eigenvalue weighted by Crippen LogP contribution is 2.28. The summed E-state index contributed by atoms with van der Waals surface area (Å²) in [5, 5.41) is 6.10. The Morgan fingerprint density at radius 2 is 1.84 bits per heavy atom. The van der Waals surface area contributed by atoms with Crippen LogP contribution in [0.4, 0.5) is 5.69 Å². The van der Waals surface area contributed by atoms with E-state index in [9.17, 15) is 9.59 Å². The van der Waals surface area contributed by atoms with Gasteiger partial charge in [0, 0.05) is 11.9 Å². The van der Waals surface area contributed by atoms with E-state index < -0.39 is 6.04 Å². The van der Waals surface area contributed by atoms with Gasteiger partial charge in [-0.2, -0.15) is 0 Å². The molecule has 0 aliphatic rings. The average Bonchev–Trinajstić information content (AvgIpc) is 2.54. The number of anilines is 1. The summed E-state index contributed by atoms with van der Waals surface area (Å²) >= 11 is 5.98. The van der Waals surface area contributed by atoms with E-state index in [1.54, 1.807) is 18.2 Å². The van der Waals surface area contributed by atoms with Crippen molar-refractivity contribution < 1.29 is 14.3 Å². The van der Waals surface area contributed by atoms with E-state index >= 15 is 0 Å². The van der Waals surface area contributed by atoms with Gasteiger partial charge in [-0.15, -0.1) is 0 Å². The molecule has 1 unspecified atom stereocenters. The van der Waals surface area contributed by atoms with Gasteiger partial charge in [0.05, 0.1) is 25.3 Å². The van der Waals surface area contributed by atoms with Gasteiger partial charge in [0.2, 0.25) is 11.8 Å². The van der Waals surface area contributed by atoms with Crippen LogP contribution in [0.1, 0.15) is 30.5 Å². The minimum Gasteiger partial charge on any atom is -0.495 e. The smallest absolute Gasteiger partial charge is 0.226 e. The van der Waals surface area contributed by atoms with Crippen LogP contribution in [0, 0.1) is 6.92 Å². The highest BCUT2D eigenvalue weighted by Gasteiger charge is 2.18. The molecule has 2 aromatic carbocycles. The SMILES string of the molecule is COc1ccc(Cl)cc1NC(=O)CC(NC(C)=O)c1ccc(C)cc1. The highest BCUT2D eigenvalue weighted by molar-refractivity contribution is 6.31. The Kier molecular flexibility index (Phi) is 6.42. The number of amides is 2. The number of carbonyl (C=O) groups is 2. The normalized spacial score (nSPS) is 11.5. The van der Waals surface area contributed by atoms with Gasteiger partial charge in [0.15, 0.2) is 0 Å². The van der Waals surface area contributed by atoms with Crippen molar-refractivity contribution in [3.05, 3.63) is 58.6 Å². The zero-order chi connectivity index (χ0) is 18.4. The highest BCUT2D eigenvalue weighted by atomic mass is 35.5. The van der Waals surface area contributed by atoms with Crippen molar-refractivity contribution in [3.63, 3.8) is 0 Å². The summed E-state index contributed by atoms with van der Waals surface area (Å²) in [6.07, 6.45) is 0.0955. The second-order valence-electron chi connectivity index (χ2n) is 5.76. The Balaban J connectivity index is 2.15. The Morgan fingerprint density at radius 3 is 2.44 bits per heavy atom. The maximum absolute atomic E-state index is 12.5. The van der Waals surface area contributed by atoms with Crippen LogP contribution >= 0.6 is 11.6 Å². The number of carbonyl (C=O) groups excluding carboxylic acids is 2. The number of hydrogen-bond donors (Lipinski definition) is 2. The lowest BCUT2D eigenvalue weighted by Gasteiger charge is -2.19. The minimum atomic E-state index is -0.414. The maximum atomic E-state index is 12.5. The Hall–Kier alpha value is -2.53. The van der Waals surface area contributed by atoms with Crippen molar-refractivity contribution in [1.29, 1.82) is 0 Å². The zero-order valence-corrected chi connectivity index (χ0v) is 15.2. The number of rotatable bonds is 6. The van der Waals surface area contributed by atoms with Crippen LogP contribution in [-0.4, -0.2) is 18.9 Å². The summed E-state index contributed by atoms with van der Waals surface area (Å²) in [5.74, 6) is 0.0720. The molecule has 2 N–H and O–H groups in total. The van der Waals surface area contributed by atoms with E-state index in [1.165, 1.54) is 14.0 Å². The van der Waals surface area contributed by atoms with Gasteiger partial charge in [-0.25, -0.2) is 0 Å². The van der Waals surface area contributed by atoms with Gasteiger partial charge < -0.3 is 15.4 Å². The van der Waals surface area contributed by atoms with Gasteiger partial charge in [-0.3, -0.25) is 9.59 Å². The molecule has 6 heteroatoms. The molecule has 0 fully saturated rings. The molecule has 25 heavy (non-hydrogen) atoms. The lowest BCUT2D eigenvalue weighted by Crippen LogP contribution is -2.29. The Morgan fingerprint density at radius 1 is 1.16 bits per heavy atom. The van der Waals surface area contributed by atoms with Crippen molar-refractivity contribution in [2.75, 3.05) is 12.4 Å². The summed E-state index contributed by atoms with van der Waals surface area (Å²) in [7, 11) is 1.52. The van der Waals surface area contributed by atoms with Crippen LogP contribution in [0.5, 0.6) is 5.75 Å². The van der Waals surface area contributed by atoms with E-state index in [-0.39, 0.29) is 18.2 Å². The molecule has 2 aromatic rings. The second-order valence-corrected chi connectivity index (χ2v) is 6.20. The molecular weight excluding hydrogens is 340 g/mol. The minimum absolute atomic E-state index is 0.0955. The first-order valence-electron chi connectivity index (χ1n) is 7.86. The quantitative estimate of drug-likeness (QED) is 0.821. The largest absolute Gasteiger partial charge is 0.495 e. The fraction of sp³-hybridized carbons (Fsp3) is 0.263. The summed E-state index contributed by atoms with van der Waals surface area (Å²) in [4.78, 5) is 24.0. The number of nitrogens with one attached hydrogen (secondary N) is 2. The topological polar surface area (TPSA) is 67.4 Å². The molecule has 0 heterocycles. The van der Waals surface area contributed by atoms with Crippen molar-refractivity contribution in [2.45, 2.75) is 26.3 Å². The van der Waals surface area contributed by atoms with Gasteiger partial charge in [0.1, 0.15) is 5.75 Å². The zero-order valence-electron chi connectivity index (χ0n) is 14.4. The van der Waals surface area contributed by atoms with Crippen molar-refractivity contribution >= 4 is 29.1 Å². The summed E-state index contributed by atoms with van der Waals surface area (Å²) in [5.41, 5.74) is 2.47. The first-order chi connectivity index (χ1) is 11.9. The molecular formula is C19H21ClN2O3. The van der Waals surface area contributed by atoms with Crippen molar-refractivity contribution in [3.8, 4) is 5.75 Å². The summed E-state index contributed by atoms with van der Waals surface area (Å²) in [6.45, 7) is 3.41. The van der Waals surface area contributed by atoms with Gasteiger partial charge in [-0.05, 0) is 30.7 Å². The Labute approximate surface area is 152 Å². The predicted molar refractivity (Wildman–Crippen MR) is 99.0 cm³/mol. The number of methoxy groups -OCH3 is 1. The number of aryl methyl sites for hydroxylation is 1. The van der Waals surface area contributed by atoms with Crippen LogP contribution in [0.25, 0.3) is 0 Å². The first-order valence-corrected chi connectivity index (χ1v) is 8.24. The maximum Gasteiger partial charge on any atom is 0.226 e. The molecule has 132 valence electrons. The third-order valence-corrected chi connectivity index (χ3v) is 3.92. The third kappa shape index (κ3) is 5.50. The number of halogens is 1. The van der Waals surface area contributed by atoms with Gasteiger partial charge >= 0.3 is 0 Å². The molecule has 0 aromatic heterocycles. The second kappa shape index (κ2) is 8.53. The molecule has 0 radical (unpaired) electrons. The molecule has 2 rings (SSSR count). The molecule has 0 aliphatic carbocycles. The predicted octanol–water partition coefficient (Wildman–Crippen LogP) is 3.86. The summed E-state index contributed by atoms with van der Waals surface area (Å²) < 4.78 is 5.23. The van der Waals surface area contributed by atoms with E-state index in [1.807, 2.05) is 31.2 Å². The van der Waals surface area contributed by atoms with Crippen LogP contribution in [-0.2, 0) is 9.59 Å². The fourth-order valence-electron chi connectivity index (χ4n) is 2.46. The van der Waals surface area contributed by atoms with E-state index in [2.05, 4.69) is 10.6 Å². The van der Waals surface area contributed by atoms with E-state index in [0.717, 1.165) is 11.1 Å². The molecule has 1 atom stereocenters. The van der Waals surface area contributed by atoms with Crippen molar-refractivity contribution in [2.24, 2.45) is 0 Å². The van der Waals surface area contributed by atoms with Crippen molar-refractivity contribution in [1.82, 2.24) is 5.32 Å². The molecule has 2 amide bonds. The lowest BCUT2D eigenvalue weighted by molar-refractivity contribution is -0.120. The van der Waals surface area contributed by atoms with Crippen LogP contribution in [0.15, 0.2) is 42.5 Å². The Bertz CT molecular complexity index is 760. The molecule has 0 spiro atoms. The van der Waals surface area contributed by atoms with Crippen LogP contribution in [0.2, 0.25) is 5.02 Å². The molecule has 0 saturated carbocycles. The molecule has 0 bridgehead atoms. The lowest BCUT2D eigenvalue weighted by atomic mass is 10.0. The number of ether oxygens (including phenoxy) is 1. The fourth-order valence-corrected chi connectivity index (χ4v) is 2.63. The average molecular weight is 361 g/mol. The molecule has 5 nitrogen and oxygen atoms in total. The standard InChI is InChI=1S/C19H21ClN2O3/c1-12-4-6-14(7-5-12)16(21-13(2)23)11-19(24)22-17-10-15(20)8-9-18(17)25-3/h4-10,16H,11H2,1-3H3,(H,21,23)(H,22,24). The molecule has 0 saturated heterocycles. The van der Waals surface area contributed by atoms with Gasteiger partial charge in [0.25, 0.3) is 0 Å². The third-order valence-electron chi connectivity index (χ3n) is 3.68. The van der Waals surface area contributed by atoms with Gasteiger partial charge in [-0.1, -0.05) is 41.4 Å². The monoisotopic (exact) mass is 360 g/mol. The van der Waals surface area contributed by atoms with Crippen LogP contribution in [0.3, 0.4) is 0 Å². The summed E-state index contributed by atoms with van der Waals surface area (Å²) in [6, 6.07) is 12.3. The van der Waals surface area contributed by atoms with E-state index in [4.69, 9.17) is 16.3 Å². The first kappa shape index (κ1) is 18.8.